The minimum Gasteiger partial charge on any atom is -0.378 e. The van der Waals surface area contributed by atoms with E-state index in [-0.39, 0.29) is 18.4 Å². The monoisotopic (exact) mass is 384 g/mol. The van der Waals surface area contributed by atoms with Gasteiger partial charge >= 0.3 is 0 Å². The highest BCUT2D eigenvalue weighted by Crippen LogP contribution is 2.19. The Labute approximate surface area is 144 Å². The van der Waals surface area contributed by atoms with Crippen LogP contribution in [0.3, 0.4) is 0 Å². The third-order valence-corrected chi connectivity index (χ3v) is 4.23. The molecule has 6 nitrogen and oxygen atoms in total. The minimum atomic E-state index is -0.0947. The minimum absolute atomic E-state index is 0.0680. The Morgan fingerprint density at radius 1 is 1.30 bits per heavy atom. The molecule has 1 aliphatic rings. The molecule has 1 aliphatic heterocycles. The van der Waals surface area contributed by atoms with Gasteiger partial charge in [-0.05, 0) is 30.7 Å². The summed E-state index contributed by atoms with van der Waals surface area (Å²) in [6.45, 7) is 4.96. The maximum Gasteiger partial charge on any atom is 0.279 e. The molecule has 0 aromatic heterocycles. The second-order valence-electron chi connectivity index (χ2n) is 5.81. The van der Waals surface area contributed by atoms with Gasteiger partial charge in [0, 0.05) is 23.2 Å². The third-order valence-electron chi connectivity index (χ3n) is 3.74. The summed E-state index contributed by atoms with van der Waals surface area (Å²) in [5, 5.41) is 2.90. The van der Waals surface area contributed by atoms with Gasteiger partial charge in [-0.2, -0.15) is 0 Å². The van der Waals surface area contributed by atoms with Crippen molar-refractivity contribution in [3.05, 3.63) is 28.2 Å². The smallest absolute Gasteiger partial charge is 0.279 e. The first-order chi connectivity index (χ1) is 11.0. The molecule has 2 amide bonds. The molecule has 0 bridgehead atoms. The van der Waals surface area contributed by atoms with E-state index in [1.807, 2.05) is 32.2 Å². The van der Waals surface area contributed by atoms with Crippen LogP contribution in [-0.4, -0.2) is 63.2 Å². The van der Waals surface area contributed by atoms with Crippen LogP contribution in [0.1, 0.15) is 5.56 Å². The highest BCUT2D eigenvalue weighted by molar-refractivity contribution is 9.10. The summed E-state index contributed by atoms with van der Waals surface area (Å²) < 4.78 is 6.22. The van der Waals surface area contributed by atoms with E-state index in [9.17, 15) is 9.59 Å². The largest absolute Gasteiger partial charge is 0.378 e. The molecule has 1 aromatic rings. The second kappa shape index (κ2) is 8.42. The van der Waals surface area contributed by atoms with Crippen LogP contribution in [0.15, 0.2) is 22.7 Å². The van der Waals surface area contributed by atoms with Crippen LogP contribution in [0.2, 0.25) is 0 Å². The molecule has 7 heteroatoms. The van der Waals surface area contributed by atoms with Gasteiger partial charge in [0.1, 0.15) is 0 Å². The van der Waals surface area contributed by atoms with Crippen LogP contribution in [0.4, 0.5) is 5.69 Å². The van der Waals surface area contributed by atoms with E-state index in [1.165, 1.54) is 0 Å². The van der Waals surface area contributed by atoms with Gasteiger partial charge in [0.2, 0.25) is 0 Å². The zero-order valence-corrected chi connectivity index (χ0v) is 15.1. The number of anilines is 1. The number of nitrogens with zero attached hydrogens (tertiary/aromatic N) is 1. The van der Waals surface area contributed by atoms with E-state index in [1.54, 1.807) is 4.90 Å². The fourth-order valence-electron chi connectivity index (χ4n) is 2.48. The average molecular weight is 385 g/mol. The molecular weight excluding hydrogens is 362 g/mol. The van der Waals surface area contributed by atoms with Crippen molar-refractivity contribution in [1.82, 2.24) is 4.90 Å². The molecule has 1 atom stereocenters. The molecule has 126 valence electrons. The van der Waals surface area contributed by atoms with Crippen molar-refractivity contribution in [3.8, 4) is 0 Å². The molecule has 0 aliphatic carbocycles. The Hall–Kier alpha value is -1.44. The summed E-state index contributed by atoms with van der Waals surface area (Å²) in [7, 11) is 1.85. The number of rotatable bonds is 5. The number of quaternary nitrogens is 1. The van der Waals surface area contributed by atoms with E-state index in [2.05, 4.69) is 21.2 Å². The van der Waals surface area contributed by atoms with Gasteiger partial charge in [-0.25, -0.2) is 0 Å². The van der Waals surface area contributed by atoms with E-state index >= 15 is 0 Å². The van der Waals surface area contributed by atoms with Crippen LogP contribution >= 0.6 is 15.9 Å². The number of hydrogen-bond donors (Lipinski definition) is 2. The number of benzene rings is 1. The van der Waals surface area contributed by atoms with Crippen molar-refractivity contribution in [2.24, 2.45) is 0 Å². The van der Waals surface area contributed by atoms with Gasteiger partial charge < -0.3 is 19.9 Å². The van der Waals surface area contributed by atoms with Gasteiger partial charge in [-0.3, -0.25) is 9.59 Å². The highest BCUT2D eigenvalue weighted by atomic mass is 79.9. The maximum atomic E-state index is 12.2. The summed E-state index contributed by atoms with van der Waals surface area (Å²) in [4.78, 5) is 26.9. The number of amides is 2. The zero-order chi connectivity index (χ0) is 16.8. The van der Waals surface area contributed by atoms with Crippen LogP contribution < -0.4 is 10.2 Å². The van der Waals surface area contributed by atoms with Crippen molar-refractivity contribution < 1.29 is 19.2 Å². The first-order valence-corrected chi connectivity index (χ1v) is 8.48. The standard InChI is InChI=1S/C16H22BrN3O3/c1-12-9-13(17)3-4-14(12)18-15(21)10-19(2)11-16(22)20-5-7-23-8-6-20/h3-4,9H,5-8,10-11H2,1-2H3,(H,18,21)/p+1. The van der Waals surface area contributed by atoms with Gasteiger partial charge in [-0.1, -0.05) is 15.9 Å². The second-order valence-corrected chi connectivity index (χ2v) is 6.73. The van der Waals surface area contributed by atoms with Crippen LogP contribution in [0.5, 0.6) is 0 Å². The van der Waals surface area contributed by atoms with Crippen LogP contribution in [0, 0.1) is 6.92 Å². The summed E-state index contributed by atoms with van der Waals surface area (Å²) >= 11 is 3.40. The summed E-state index contributed by atoms with van der Waals surface area (Å²) in [5.41, 5.74) is 1.79. The Morgan fingerprint density at radius 2 is 2.00 bits per heavy atom. The molecule has 1 unspecified atom stereocenters. The number of carbonyl (C=O) groups is 2. The quantitative estimate of drug-likeness (QED) is 0.754. The van der Waals surface area contributed by atoms with Crippen LogP contribution in [0.25, 0.3) is 0 Å². The van der Waals surface area contributed by atoms with Gasteiger partial charge in [0.15, 0.2) is 13.1 Å². The Balaban J connectivity index is 1.81. The van der Waals surface area contributed by atoms with Crippen molar-refractivity contribution in [3.63, 3.8) is 0 Å². The number of carbonyl (C=O) groups excluding carboxylic acids is 2. The molecule has 0 radical (unpaired) electrons. The Kier molecular flexibility index (Phi) is 6.56. The number of halogens is 1. The fourth-order valence-corrected chi connectivity index (χ4v) is 2.96. The SMILES string of the molecule is Cc1cc(Br)ccc1NC(=O)C[NH+](C)CC(=O)N1CCOCC1. The summed E-state index contributed by atoms with van der Waals surface area (Å²) in [6.07, 6.45) is 0. The lowest BCUT2D eigenvalue weighted by Crippen LogP contribution is -3.11. The fraction of sp³-hybridized carbons (Fsp3) is 0.500. The van der Waals surface area contributed by atoms with Gasteiger partial charge in [0.05, 0.1) is 20.3 Å². The zero-order valence-electron chi connectivity index (χ0n) is 13.5. The first kappa shape index (κ1) is 17.9. The molecule has 1 fully saturated rings. The van der Waals surface area contributed by atoms with E-state index in [0.717, 1.165) is 20.6 Å². The van der Waals surface area contributed by atoms with Crippen molar-refractivity contribution >= 4 is 33.4 Å². The number of morpholine rings is 1. The van der Waals surface area contributed by atoms with E-state index in [0.29, 0.717) is 32.8 Å². The highest BCUT2D eigenvalue weighted by Gasteiger charge is 2.21. The number of likely N-dealkylation sites (N-methyl/N-ethyl adjacent to an activating group) is 1. The van der Waals surface area contributed by atoms with Crippen molar-refractivity contribution in [2.75, 3.05) is 51.8 Å². The normalized spacial score (nSPS) is 16.0. The molecule has 2 rings (SSSR count). The predicted molar refractivity (Wildman–Crippen MR) is 91.5 cm³/mol. The van der Waals surface area contributed by atoms with Gasteiger partial charge in [-0.15, -0.1) is 0 Å². The number of ether oxygens (including phenoxy) is 1. The predicted octanol–water partition coefficient (Wildman–Crippen LogP) is 0.0695. The lowest BCUT2D eigenvalue weighted by atomic mass is 10.2. The van der Waals surface area contributed by atoms with Crippen LogP contribution in [-0.2, 0) is 14.3 Å². The summed E-state index contributed by atoms with van der Waals surface area (Å²) in [5.74, 6) is -0.0267. The van der Waals surface area contributed by atoms with Gasteiger partial charge in [0.25, 0.3) is 11.8 Å². The molecule has 0 saturated carbocycles. The molecular formula is C16H23BrN3O3+. The molecule has 2 N–H and O–H groups in total. The average Bonchev–Trinajstić information content (AvgIpc) is 2.50. The lowest BCUT2D eigenvalue weighted by Gasteiger charge is -2.27. The number of nitrogens with one attached hydrogen (secondary N) is 2. The third kappa shape index (κ3) is 5.60. The molecule has 0 spiro atoms. The van der Waals surface area contributed by atoms with E-state index < -0.39 is 0 Å². The Bertz CT molecular complexity index is 574. The van der Waals surface area contributed by atoms with Crippen molar-refractivity contribution in [1.29, 1.82) is 0 Å². The molecule has 1 aromatic carbocycles. The first-order valence-electron chi connectivity index (χ1n) is 7.68. The molecule has 1 saturated heterocycles. The topological polar surface area (TPSA) is 63.1 Å². The lowest BCUT2D eigenvalue weighted by molar-refractivity contribution is -0.862. The number of aryl methyl sites for hydroxylation is 1. The Morgan fingerprint density at radius 3 is 2.65 bits per heavy atom. The van der Waals surface area contributed by atoms with Crippen molar-refractivity contribution in [2.45, 2.75) is 6.92 Å². The van der Waals surface area contributed by atoms with E-state index in [4.69, 9.17) is 4.74 Å². The molecule has 1 heterocycles. The number of hydrogen-bond acceptors (Lipinski definition) is 3. The summed E-state index contributed by atoms with van der Waals surface area (Å²) in [6, 6.07) is 5.71. The maximum absolute atomic E-state index is 12.2. The molecule has 23 heavy (non-hydrogen) atoms.